The minimum atomic E-state index is -0.468. The van der Waals surface area contributed by atoms with Crippen molar-refractivity contribution < 1.29 is 9.53 Å². The number of hydrogen-bond donors (Lipinski definition) is 1. The fourth-order valence-corrected chi connectivity index (χ4v) is 3.78. The van der Waals surface area contributed by atoms with Crippen LogP contribution in [0.2, 0.25) is 0 Å². The Morgan fingerprint density at radius 1 is 1.40 bits per heavy atom. The number of ether oxygens (including phenoxy) is 1. The van der Waals surface area contributed by atoms with Crippen molar-refractivity contribution in [3.63, 3.8) is 0 Å². The largest absolute Gasteiger partial charge is 0.468 e. The molecule has 116 valence electrons. The molecule has 0 radical (unpaired) electrons. The van der Waals surface area contributed by atoms with Gasteiger partial charge >= 0.3 is 5.97 Å². The van der Waals surface area contributed by atoms with Gasteiger partial charge in [-0.15, -0.1) is 0 Å². The molecule has 3 atom stereocenters. The van der Waals surface area contributed by atoms with Crippen LogP contribution in [0.15, 0.2) is 0 Å². The average molecular weight is 283 g/mol. The third-order valence-corrected chi connectivity index (χ3v) is 5.22. The number of likely N-dealkylation sites (N-methyl/N-ethyl adjacent to an activating group) is 2. The Balaban J connectivity index is 1.99. The van der Waals surface area contributed by atoms with Crippen LogP contribution in [-0.4, -0.2) is 74.7 Å². The van der Waals surface area contributed by atoms with Gasteiger partial charge in [0.15, 0.2) is 0 Å². The lowest BCUT2D eigenvalue weighted by Gasteiger charge is -2.40. The van der Waals surface area contributed by atoms with Gasteiger partial charge in [-0.1, -0.05) is 0 Å². The molecular formula is C15H29N3O2. The van der Waals surface area contributed by atoms with Crippen LogP contribution in [0.1, 0.15) is 32.1 Å². The first kappa shape index (κ1) is 15.7. The molecule has 0 amide bonds. The molecule has 2 fully saturated rings. The van der Waals surface area contributed by atoms with Gasteiger partial charge in [0.2, 0.25) is 0 Å². The number of likely N-dealkylation sites (tertiary alicyclic amines) is 1. The van der Waals surface area contributed by atoms with Gasteiger partial charge in [-0.05, 0) is 59.8 Å². The molecule has 1 aliphatic heterocycles. The van der Waals surface area contributed by atoms with E-state index >= 15 is 0 Å². The summed E-state index contributed by atoms with van der Waals surface area (Å²) in [7, 11) is 7.68. The lowest BCUT2D eigenvalue weighted by molar-refractivity contribution is -0.148. The van der Waals surface area contributed by atoms with Crippen LogP contribution < -0.4 is 5.32 Å². The standard InChI is InChI=1S/C15H29N3O2/c1-16-15(14(19)20-4)8-7-12(10-15)18-9-5-6-13(11-18)17(2)3/h12-13,16H,5-11H2,1-4H3. The summed E-state index contributed by atoms with van der Waals surface area (Å²) >= 11 is 0. The topological polar surface area (TPSA) is 44.8 Å². The van der Waals surface area contributed by atoms with Crippen LogP contribution in [0, 0.1) is 0 Å². The van der Waals surface area contributed by atoms with E-state index in [9.17, 15) is 4.79 Å². The zero-order chi connectivity index (χ0) is 14.8. The van der Waals surface area contributed by atoms with E-state index in [0.29, 0.717) is 12.1 Å². The van der Waals surface area contributed by atoms with Gasteiger partial charge in [0.25, 0.3) is 0 Å². The number of carbonyl (C=O) groups excluding carboxylic acids is 1. The molecule has 3 unspecified atom stereocenters. The molecule has 5 heteroatoms. The van der Waals surface area contributed by atoms with Crippen molar-refractivity contribution in [3.8, 4) is 0 Å². The van der Waals surface area contributed by atoms with E-state index in [0.717, 1.165) is 32.4 Å². The Bertz CT molecular complexity index is 348. The molecule has 1 heterocycles. The van der Waals surface area contributed by atoms with E-state index in [1.165, 1.54) is 20.0 Å². The lowest BCUT2D eigenvalue weighted by Crippen LogP contribution is -2.52. The minimum Gasteiger partial charge on any atom is -0.468 e. The second-order valence-corrected chi connectivity index (χ2v) is 6.47. The molecule has 2 rings (SSSR count). The molecule has 1 saturated heterocycles. The normalized spacial score (nSPS) is 35.5. The van der Waals surface area contributed by atoms with Gasteiger partial charge in [0, 0.05) is 18.6 Å². The molecule has 1 aliphatic carbocycles. The van der Waals surface area contributed by atoms with Crippen molar-refractivity contribution in [2.45, 2.75) is 49.7 Å². The van der Waals surface area contributed by atoms with Gasteiger partial charge in [-0.2, -0.15) is 0 Å². The highest BCUT2D eigenvalue weighted by molar-refractivity contribution is 5.81. The first-order valence-corrected chi connectivity index (χ1v) is 7.70. The Kier molecular flexibility index (Phi) is 5.04. The molecule has 0 aromatic carbocycles. The molecule has 0 aromatic heterocycles. The summed E-state index contributed by atoms with van der Waals surface area (Å²) in [6.07, 6.45) is 5.37. The van der Waals surface area contributed by atoms with Gasteiger partial charge in [-0.25, -0.2) is 0 Å². The summed E-state index contributed by atoms with van der Waals surface area (Å²) < 4.78 is 5.00. The number of piperidine rings is 1. The highest BCUT2D eigenvalue weighted by atomic mass is 16.5. The van der Waals surface area contributed by atoms with E-state index in [1.54, 1.807) is 0 Å². The summed E-state index contributed by atoms with van der Waals surface area (Å²) in [5.74, 6) is -0.108. The molecule has 5 nitrogen and oxygen atoms in total. The second-order valence-electron chi connectivity index (χ2n) is 6.47. The number of methoxy groups -OCH3 is 1. The number of nitrogens with one attached hydrogen (secondary N) is 1. The van der Waals surface area contributed by atoms with E-state index in [1.807, 2.05) is 7.05 Å². The minimum absolute atomic E-state index is 0.108. The van der Waals surface area contributed by atoms with E-state index < -0.39 is 5.54 Å². The van der Waals surface area contributed by atoms with E-state index in [4.69, 9.17) is 4.74 Å². The van der Waals surface area contributed by atoms with Crippen molar-refractivity contribution in [2.75, 3.05) is 41.3 Å². The molecule has 0 bridgehead atoms. The Hall–Kier alpha value is -0.650. The second kappa shape index (κ2) is 6.41. The van der Waals surface area contributed by atoms with Crippen molar-refractivity contribution in [3.05, 3.63) is 0 Å². The maximum Gasteiger partial charge on any atom is 0.326 e. The first-order chi connectivity index (χ1) is 9.52. The summed E-state index contributed by atoms with van der Waals surface area (Å²) in [6, 6.07) is 1.15. The smallest absolute Gasteiger partial charge is 0.326 e. The number of nitrogens with zero attached hydrogens (tertiary/aromatic N) is 2. The Labute approximate surface area is 122 Å². The van der Waals surface area contributed by atoms with Crippen molar-refractivity contribution >= 4 is 5.97 Å². The summed E-state index contributed by atoms with van der Waals surface area (Å²) in [4.78, 5) is 17.0. The van der Waals surface area contributed by atoms with Crippen LogP contribution in [0.3, 0.4) is 0 Å². The average Bonchev–Trinajstić information content (AvgIpc) is 2.92. The highest BCUT2D eigenvalue weighted by Crippen LogP contribution is 2.35. The zero-order valence-electron chi connectivity index (χ0n) is 13.3. The van der Waals surface area contributed by atoms with Crippen LogP contribution in [-0.2, 0) is 9.53 Å². The molecule has 0 aromatic rings. The first-order valence-electron chi connectivity index (χ1n) is 7.70. The van der Waals surface area contributed by atoms with E-state index in [-0.39, 0.29) is 5.97 Å². The third-order valence-electron chi connectivity index (χ3n) is 5.22. The summed E-state index contributed by atoms with van der Waals surface area (Å²) in [5, 5.41) is 3.22. The molecule has 1 N–H and O–H groups in total. The van der Waals surface area contributed by atoms with Crippen molar-refractivity contribution in [1.29, 1.82) is 0 Å². The molecule has 20 heavy (non-hydrogen) atoms. The summed E-state index contributed by atoms with van der Waals surface area (Å²) in [6.45, 7) is 2.29. The van der Waals surface area contributed by atoms with Gasteiger partial charge in [0.1, 0.15) is 5.54 Å². The maximum atomic E-state index is 12.1. The SMILES string of the molecule is CNC1(C(=O)OC)CCC(N2CCCC(N(C)C)C2)C1. The van der Waals surface area contributed by atoms with Crippen LogP contribution in [0.5, 0.6) is 0 Å². The molecule has 1 saturated carbocycles. The highest BCUT2D eigenvalue weighted by Gasteiger charge is 2.47. The van der Waals surface area contributed by atoms with Crippen molar-refractivity contribution in [2.24, 2.45) is 0 Å². The predicted molar refractivity (Wildman–Crippen MR) is 79.7 cm³/mol. The maximum absolute atomic E-state index is 12.1. The number of rotatable bonds is 4. The zero-order valence-corrected chi connectivity index (χ0v) is 13.3. The van der Waals surface area contributed by atoms with Crippen molar-refractivity contribution in [1.82, 2.24) is 15.1 Å². The molecule has 2 aliphatic rings. The molecular weight excluding hydrogens is 254 g/mol. The fraction of sp³-hybridized carbons (Fsp3) is 0.933. The monoisotopic (exact) mass is 283 g/mol. The van der Waals surface area contributed by atoms with Crippen LogP contribution >= 0.6 is 0 Å². The quantitative estimate of drug-likeness (QED) is 0.769. The van der Waals surface area contributed by atoms with Gasteiger partial charge < -0.3 is 15.0 Å². The number of hydrogen-bond acceptors (Lipinski definition) is 5. The van der Waals surface area contributed by atoms with Gasteiger partial charge in [-0.3, -0.25) is 9.69 Å². The number of esters is 1. The van der Waals surface area contributed by atoms with Gasteiger partial charge in [0.05, 0.1) is 7.11 Å². The third kappa shape index (κ3) is 3.00. The summed E-state index contributed by atoms with van der Waals surface area (Å²) in [5.41, 5.74) is -0.468. The number of carbonyl (C=O) groups is 1. The van der Waals surface area contributed by atoms with E-state index in [2.05, 4.69) is 29.2 Å². The van der Waals surface area contributed by atoms with Crippen LogP contribution in [0.25, 0.3) is 0 Å². The lowest BCUT2D eigenvalue weighted by atomic mass is 9.96. The fourth-order valence-electron chi connectivity index (χ4n) is 3.78. The Morgan fingerprint density at radius 2 is 2.15 bits per heavy atom. The Morgan fingerprint density at radius 3 is 2.75 bits per heavy atom. The van der Waals surface area contributed by atoms with Crippen LogP contribution in [0.4, 0.5) is 0 Å². The predicted octanol–water partition coefficient (Wildman–Crippen LogP) is 0.696. The molecule has 0 spiro atoms.